The van der Waals surface area contributed by atoms with Crippen LogP contribution in [0.5, 0.6) is 0 Å². The molecule has 4 nitrogen and oxygen atoms in total. The molecule has 1 fully saturated rings. The van der Waals surface area contributed by atoms with Gasteiger partial charge in [0.1, 0.15) is 0 Å². The van der Waals surface area contributed by atoms with E-state index in [-0.39, 0.29) is 18.4 Å². The molecule has 0 aliphatic carbocycles. The second-order valence-electron chi connectivity index (χ2n) is 3.05. The molecule has 13 heavy (non-hydrogen) atoms. The summed E-state index contributed by atoms with van der Waals surface area (Å²) >= 11 is 0. The maximum atomic E-state index is 11.1. The number of carbonyl (C=O) groups excluding carboxylic acids is 1. The standard InChI is InChI=1S/C8H17N3O.ClH/c1-2-10-8(12)11-7-4-3-5-9-6-7;/h7,9H,2-6H2,1H3,(H2,10,11,12);1H/t7-;/m0./s1. The number of amides is 2. The topological polar surface area (TPSA) is 53.2 Å². The van der Waals surface area contributed by atoms with E-state index in [1.807, 2.05) is 6.92 Å². The minimum Gasteiger partial charge on any atom is -0.338 e. The van der Waals surface area contributed by atoms with Crippen molar-refractivity contribution in [3.63, 3.8) is 0 Å². The lowest BCUT2D eigenvalue weighted by Crippen LogP contribution is -2.49. The summed E-state index contributed by atoms with van der Waals surface area (Å²) in [6, 6.07) is 0.261. The van der Waals surface area contributed by atoms with Gasteiger partial charge in [0.05, 0.1) is 0 Å². The van der Waals surface area contributed by atoms with Crippen molar-refractivity contribution in [2.45, 2.75) is 25.8 Å². The van der Waals surface area contributed by atoms with Gasteiger partial charge in [-0.2, -0.15) is 0 Å². The number of hydrogen-bond acceptors (Lipinski definition) is 2. The van der Waals surface area contributed by atoms with Gasteiger partial charge in [-0.05, 0) is 26.3 Å². The molecular formula is C8H18ClN3O. The molecule has 1 aliphatic heterocycles. The van der Waals surface area contributed by atoms with Crippen molar-refractivity contribution < 1.29 is 4.79 Å². The molecule has 0 aromatic heterocycles. The van der Waals surface area contributed by atoms with Crippen LogP contribution in [0.15, 0.2) is 0 Å². The zero-order chi connectivity index (χ0) is 8.81. The van der Waals surface area contributed by atoms with E-state index in [1.165, 1.54) is 0 Å². The lowest BCUT2D eigenvalue weighted by atomic mass is 10.1. The molecule has 0 bridgehead atoms. The molecule has 2 amide bonds. The Morgan fingerprint density at radius 1 is 1.62 bits per heavy atom. The van der Waals surface area contributed by atoms with Gasteiger partial charge in [0.15, 0.2) is 0 Å². The number of hydrogen-bond donors (Lipinski definition) is 3. The van der Waals surface area contributed by atoms with Crippen LogP contribution >= 0.6 is 12.4 Å². The van der Waals surface area contributed by atoms with Gasteiger partial charge in [0.25, 0.3) is 0 Å². The first kappa shape index (κ1) is 12.5. The third-order valence-electron chi connectivity index (χ3n) is 1.97. The fourth-order valence-corrected chi connectivity index (χ4v) is 1.37. The molecule has 0 aromatic rings. The molecule has 1 rings (SSSR count). The van der Waals surface area contributed by atoms with Crippen molar-refractivity contribution >= 4 is 18.4 Å². The number of rotatable bonds is 2. The molecule has 0 unspecified atom stereocenters. The smallest absolute Gasteiger partial charge is 0.315 e. The minimum atomic E-state index is -0.0498. The van der Waals surface area contributed by atoms with Gasteiger partial charge in [-0.25, -0.2) is 4.79 Å². The lowest BCUT2D eigenvalue weighted by molar-refractivity contribution is 0.234. The van der Waals surface area contributed by atoms with Crippen molar-refractivity contribution in [2.75, 3.05) is 19.6 Å². The summed E-state index contributed by atoms with van der Waals surface area (Å²) in [4.78, 5) is 11.1. The Labute approximate surface area is 85.3 Å². The summed E-state index contributed by atoms with van der Waals surface area (Å²) in [5.74, 6) is 0. The van der Waals surface area contributed by atoms with Gasteiger partial charge in [0.2, 0.25) is 0 Å². The first-order valence-corrected chi connectivity index (χ1v) is 4.58. The highest BCUT2D eigenvalue weighted by atomic mass is 35.5. The number of urea groups is 1. The third kappa shape index (κ3) is 4.95. The van der Waals surface area contributed by atoms with E-state index in [2.05, 4.69) is 16.0 Å². The number of carbonyl (C=O) groups is 1. The first-order valence-electron chi connectivity index (χ1n) is 4.58. The van der Waals surface area contributed by atoms with Crippen LogP contribution in [0, 0.1) is 0 Å². The van der Waals surface area contributed by atoms with Crippen LogP contribution in [-0.4, -0.2) is 31.7 Å². The van der Waals surface area contributed by atoms with Crippen LogP contribution < -0.4 is 16.0 Å². The Hall–Kier alpha value is -0.480. The predicted molar refractivity (Wildman–Crippen MR) is 55.3 cm³/mol. The molecule has 1 atom stereocenters. The largest absolute Gasteiger partial charge is 0.338 e. The van der Waals surface area contributed by atoms with E-state index in [0.717, 1.165) is 25.9 Å². The van der Waals surface area contributed by atoms with Crippen LogP contribution in [0.2, 0.25) is 0 Å². The van der Waals surface area contributed by atoms with Crippen molar-refractivity contribution in [1.29, 1.82) is 0 Å². The minimum absolute atomic E-state index is 0. The third-order valence-corrected chi connectivity index (χ3v) is 1.97. The summed E-state index contributed by atoms with van der Waals surface area (Å²) in [7, 11) is 0. The normalized spacial score (nSPS) is 21.5. The van der Waals surface area contributed by atoms with E-state index in [9.17, 15) is 4.79 Å². The molecule has 3 N–H and O–H groups in total. The molecule has 0 aromatic carbocycles. The fourth-order valence-electron chi connectivity index (χ4n) is 1.37. The van der Waals surface area contributed by atoms with Gasteiger partial charge in [-0.3, -0.25) is 0 Å². The summed E-state index contributed by atoms with van der Waals surface area (Å²) in [5.41, 5.74) is 0. The zero-order valence-electron chi connectivity index (χ0n) is 7.93. The van der Waals surface area contributed by atoms with Gasteiger partial charge in [-0.1, -0.05) is 0 Å². The predicted octanol–water partition coefficient (Wildman–Crippen LogP) is 0.479. The maximum Gasteiger partial charge on any atom is 0.315 e. The quantitative estimate of drug-likeness (QED) is 0.617. The number of nitrogens with one attached hydrogen (secondary N) is 3. The molecule has 1 heterocycles. The highest BCUT2D eigenvalue weighted by molar-refractivity contribution is 5.85. The summed E-state index contributed by atoms with van der Waals surface area (Å²) < 4.78 is 0. The molecule has 1 aliphatic rings. The van der Waals surface area contributed by atoms with E-state index >= 15 is 0 Å². The Kier molecular flexibility index (Phi) is 6.72. The van der Waals surface area contributed by atoms with Crippen LogP contribution in [-0.2, 0) is 0 Å². The highest BCUT2D eigenvalue weighted by Crippen LogP contribution is 2.00. The van der Waals surface area contributed by atoms with Crippen molar-refractivity contribution in [3.05, 3.63) is 0 Å². The molecule has 78 valence electrons. The van der Waals surface area contributed by atoms with Crippen LogP contribution in [0.3, 0.4) is 0 Å². The molecule has 0 saturated carbocycles. The molecule has 0 spiro atoms. The SMILES string of the molecule is CCNC(=O)N[C@H]1CCCNC1.Cl. The summed E-state index contributed by atoms with van der Waals surface area (Å²) in [6.07, 6.45) is 2.24. The number of halogens is 1. The van der Waals surface area contributed by atoms with Crippen molar-refractivity contribution in [1.82, 2.24) is 16.0 Å². The molecule has 0 radical (unpaired) electrons. The summed E-state index contributed by atoms with van der Waals surface area (Å²) in [6.45, 7) is 4.58. The second kappa shape index (κ2) is 6.97. The molecule has 5 heteroatoms. The second-order valence-corrected chi connectivity index (χ2v) is 3.05. The van der Waals surface area contributed by atoms with E-state index < -0.39 is 0 Å². The maximum absolute atomic E-state index is 11.1. The molecule has 1 saturated heterocycles. The monoisotopic (exact) mass is 207 g/mol. The van der Waals surface area contributed by atoms with E-state index in [1.54, 1.807) is 0 Å². The zero-order valence-corrected chi connectivity index (χ0v) is 8.75. The Bertz CT molecular complexity index is 148. The molecular weight excluding hydrogens is 190 g/mol. The van der Waals surface area contributed by atoms with E-state index in [4.69, 9.17) is 0 Å². The Morgan fingerprint density at radius 2 is 2.38 bits per heavy atom. The number of piperidine rings is 1. The average molecular weight is 208 g/mol. The lowest BCUT2D eigenvalue weighted by Gasteiger charge is -2.23. The van der Waals surface area contributed by atoms with E-state index in [0.29, 0.717) is 12.6 Å². The summed E-state index contributed by atoms with van der Waals surface area (Å²) in [5, 5.41) is 8.86. The van der Waals surface area contributed by atoms with Gasteiger partial charge in [-0.15, -0.1) is 12.4 Å². The van der Waals surface area contributed by atoms with Gasteiger partial charge >= 0.3 is 6.03 Å². The van der Waals surface area contributed by atoms with Crippen molar-refractivity contribution in [3.8, 4) is 0 Å². The highest BCUT2D eigenvalue weighted by Gasteiger charge is 2.13. The first-order chi connectivity index (χ1) is 5.83. The van der Waals surface area contributed by atoms with Crippen LogP contribution in [0.1, 0.15) is 19.8 Å². The van der Waals surface area contributed by atoms with Gasteiger partial charge in [0, 0.05) is 19.1 Å². The fraction of sp³-hybridized carbons (Fsp3) is 0.875. The average Bonchev–Trinajstić information content (AvgIpc) is 2.06. The Morgan fingerprint density at radius 3 is 2.92 bits per heavy atom. The van der Waals surface area contributed by atoms with Crippen molar-refractivity contribution in [2.24, 2.45) is 0 Å². The Balaban J connectivity index is 0.00000144. The van der Waals surface area contributed by atoms with Crippen LogP contribution in [0.25, 0.3) is 0 Å². The van der Waals surface area contributed by atoms with Gasteiger partial charge < -0.3 is 16.0 Å². The van der Waals surface area contributed by atoms with Crippen LogP contribution in [0.4, 0.5) is 4.79 Å².